The van der Waals surface area contributed by atoms with Gasteiger partial charge in [-0.1, -0.05) is 0 Å². The summed E-state index contributed by atoms with van der Waals surface area (Å²) in [6.07, 6.45) is 3.26. The molecule has 1 N–H and O–H groups in total. The van der Waals surface area contributed by atoms with E-state index >= 15 is 0 Å². The molecule has 17 heavy (non-hydrogen) atoms. The van der Waals surface area contributed by atoms with Crippen molar-refractivity contribution in [2.75, 3.05) is 26.2 Å². The number of nitrogens with zero attached hydrogens (tertiary/aromatic N) is 1. The highest BCUT2D eigenvalue weighted by molar-refractivity contribution is 5.77. The maximum atomic E-state index is 11.6. The fraction of sp³-hybridized carbons (Fsp3) is 0.833. The number of rotatable bonds is 1. The van der Waals surface area contributed by atoms with Crippen LogP contribution >= 0.6 is 0 Å². The zero-order valence-corrected chi connectivity index (χ0v) is 10.3. The van der Waals surface area contributed by atoms with Crippen molar-refractivity contribution in [1.82, 2.24) is 10.2 Å². The third-order valence-electron chi connectivity index (χ3n) is 3.86. The SMILES string of the molecule is CCOC(=O)N1CCC2(CCNC(=O)C2)CC1. The quantitative estimate of drug-likeness (QED) is 0.747. The average Bonchev–Trinajstić information content (AvgIpc) is 2.30. The van der Waals surface area contributed by atoms with E-state index in [0.717, 1.165) is 25.8 Å². The second kappa shape index (κ2) is 4.94. The number of ether oxygens (including phenoxy) is 1. The minimum atomic E-state index is -0.220. The molecule has 2 aliphatic rings. The number of carbonyl (C=O) groups excluding carboxylic acids is 2. The van der Waals surface area contributed by atoms with Gasteiger partial charge < -0.3 is 15.0 Å². The first-order valence-corrected chi connectivity index (χ1v) is 6.34. The summed E-state index contributed by atoms with van der Waals surface area (Å²) in [6, 6.07) is 0. The summed E-state index contributed by atoms with van der Waals surface area (Å²) in [7, 11) is 0. The maximum absolute atomic E-state index is 11.6. The molecule has 2 heterocycles. The number of likely N-dealkylation sites (tertiary alicyclic amines) is 1. The van der Waals surface area contributed by atoms with Gasteiger partial charge in [-0.3, -0.25) is 4.79 Å². The summed E-state index contributed by atoms with van der Waals surface area (Å²) in [4.78, 5) is 24.7. The Labute approximate surface area is 101 Å². The highest BCUT2D eigenvalue weighted by Crippen LogP contribution is 2.39. The van der Waals surface area contributed by atoms with Gasteiger partial charge in [0.25, 0.3) is 0 Å². The van der Waals surface area contributed by atoms with E-state index in [-0.39, 0.29) is 17.4 Å². The van der Waals surface area contributed by atoms with Crippen molar-refractivity contribution in [3.63, 3.8) is 0 Å². The smallest absolute Gasteiger partial charge is 0.409 e. The second-order valence-corrected chi connectivity index (χ2v) is 4.96. The van der Waals surface area contributed by atoms with Crippen LogP contribution in [0.3, 0.4) is 0 Å². The van der Waals surface area contributed by atoms with E-state index in [2.05, 4.69) is 5.32 Å². The molecule has 0 bridgehead atoms. The Morgan fingerprint density at radius 2 is 2.12 bits per heavy atom. The van der Waals surface area contributed by atoms with Gasteiger partial charge in [-0.25, -0.2) is 4.79 Å². The number of piperidine rings is 2. The fourth-order valence-electron chi connectivity index (χ4n) is 2.76. The molecule has 0 aromatic heterocycles. The van der Waals surface area contributed by atoms with Gasteiger partial charge in [-0.05, 0) is 31.6 Å². The van der Waals surface area contributed by atoms with Crippen LogP contribution < -0.4 is 5.32 Å². The maximum Gasteiger partial charge on any atom is 0.409 e. The molecule has 5 nitrogen and oxygen atoms in total. The van der Waals surface area contributed by atoms with Crippen molar-refractivity contribution < 1.29 is 14.3 Å². The summed E-state index contributed by atoms with van der Waals surface area (Å²) in [6.45, 7) is 4.44. The van der Waals surface area contributed by atoms with Crippen molar-refractivity contribution in [3.05, 3.63) is 0 Å². The number of amides is 2. The average molecular weight is 240 g/mol. The van der Waals surface area contributed by atoms with Gasteiger partial charge in [0.2, 0.25) is 5.91 Å². The Kier molecular flexibility index (Phi) is 3.54. The normalized spacial score (nSPS) is 23.4. The van der Waals surface area contributed by atoms with Crippen LogP contribution in [0.2, 0.25) is 0 Å². The molecule has 2 aliphatic heterocycles. The monoisotopic (exact) mass is 240 g/mol. The lowest BCUT2D eigenvalue weighted by Crippen LogP contribution is -2.49. The summed E-state index contributed by atoms with van der Waals surface area (Å²) in [5.74, 6) is 0.154. The van der Waals surface area contributed by atoms with Gasteiger partial charge in [0, 0.05) is 26.1 Å². The van der Waals surface area contributed by atoms with Crippen LogP contribution in [0.15, 0.2) is 0 Å². The van der Waals surface area contributed by atoms with Crippen LogP contribution in [0.1, 0.15) is 32.6 Å². The van der Waals surface area contributed by atoms with Crippen molar-refractivity contribution in [1.29, 1.82) is 0 Å². The van der Waals surface area contributed by atoms with Gasteiger partial charge in [0.05, 0.1) is 6.61 Å². The van der Waals surface area contributed by atoms with Gasteiger partial charge in [-0.15, -0.1) is 0 Å². The molecular weight excluding hydrogens is 220 g/mol. The second-order valence-electron chi connectivity index (χ2n) is 4.96. The molecule has 96 valence electrons. The van der Waals surface area contributed by atoms with Gasteiger partial charge in [0.15, 0.2) is 0 Å². The van der Waals surface area contributed by atoms with Crippen LogP contribution in [0.25, 0.3) is 0 Å². The molecule has 5 heteroatoms. The molecule has 0 radical (unpaired) electrons. The first-order valence-electron chi connectivity index (χ1n) is 6.34. The minimum absolute atomic E-state index is 0.130. The van der Waals surface area contributed by atoms with Crippen LogP contribution in [-0.2, 0) is 9.53 Å². The van der Waals surface area contributed by atoms with Crippen molar-refractivity contribution in [2.45, 2.75) is 32.6 Å². The molecule has 0 aliphatic carbocycles. The third-order valence-corrected chi connectivity index (χ3v) is 3.86. The van der Waals surface area contributed by atoms with E-state index in [0.29, 0.717) is 26.1 Å². The van der Waals surface area contributed by atoms with Crippen LogP contribution in [-0.4, -0.2) is 43.1 Å². The van der Waals surface area contributed by atoms with Gasteiger partial charge >= 0.3 is 6.09 Å². The Bertz CT molecular complexity index is 309. The lowest BCUT2D eigenvalue weighted by Gasteiger charge is -2.43. The highest BCUT2D eigenvalue weighted by atomic mass is 16.6. The van der Waals surface area contributed by atoms with Crippen LogP contribution in [0.5, 0.6) is 0 Å². The predicted molar refractivity (Wildman–Crippen MR) is 62.5 cm³/mol. The third kappa shape index (κ3) is 2.70. The molecule has 2 amide bonds. The first-order chi connectivity index (χ1) is 8.15. The molecule has 2 rings (SSSR count). The van der Waals surface area contributed by atoms with Gasteiger partial charge in [0.1, 0.15) is 0 Å². The van der Waals surface area contributed by atoms with E-state index in [9.17, 15) is 9.59 Å². The largest absolute Gasteiger partial charge is 0.450 e. The van der Waals surface area contributed by atoms with E-state index in [1.807, 2.05) is 6.92 Å². The molecule has 2 fully saturated rings. The van der Waals surface area contributed by atoms with E-state index < -0.39 is 0 Å². The molecule has 2 saturated heterocycles. The standard InChI is InChI=1S/C12H20N2O3/c1-2-17-11(16)14-7-4-12(5-8-14)3-6-13-10(15)9-12/h2-9H2,1H3,(H,13,15). The minimum Gasteiger partial charge on any atom is -0.450 e. The number of hydrogen-bond donors (Lipinski definition) is 1. The van der Waals surface area contributed by atoms with Crippen molar-refractivity contribution in [3.8, 4) is 0 Å². The Balaban J connectivity index is 1.88. The number of carbonyl (C=O) groups is 2. The van der Waals surface area contributed by atoms with E-state index in [1.165, 1.54) is 0 Å². The summed E-state index contributed by atoms with van der Waals surface area (Å²) in [5, 5.41) is 2.86. The lowest BCUT2D eigenvalue weighted by molar-refractivity contribution is -0.126. The summed E-state index contributed by atoms with van der Waals surface area (Å²) in [5.41, 5.74) is 0.130. The molecule has 0 saturated carbocycles. The Morgan fingerprint density at radius 1 is 1.41 bits per heavy atom. The molecule has 0 aromatic carbocycles. The van der Waals surface area contributed by atoms with Crippen molar-refractivity contribution in [2.24, 2.45) is 5.41 Å². The summed E-state index contributed by atoms with van der Waals surface area (Å²) < 4.78 is 4.99. The Morgan fingerprint density at radius 3 is 2.71 bits per heavy atom. The summed E-state index contributed by atoms with van der Waals surface area (Å²) >= 11 is 0. The van der Waals surface area contributed by atoms with E-state index in [4.69, 9.17) is 4.74 Å². The zero-order valence-electron chi connectivity index (χ0n) is 10.3. The zero-order chi connectivity index (χ0) is 12.3. The molecule has 0 aromatic rings. The fourth-order valence-corrected chi connectivity index (χ4v) is 2.76. The number of hydrogen-bond acceptors (Lipinski definition) is 3. The van der Waals surface area contributed by atoms with Crippen molar-refractivity contribution >= 4 is 12.0 Å². The Hall–Kier alpha value is -1.26. The predicted octanol–water partition coefficient (Wildman–Crippen LogP) is 1.14. The molecule has 1 spiro atoms. The van der Waals surface area contributed by atoms with E-state index in [1.54, 1.807) is 4.90 Å². The lowest BCUT2D eigenvalue weighted by atomic mass is 9.71. The number of nitrogens with one attached hydrogen (secondary N) is 1. The topological polar surface area (TPSA) is 58.6 Å². The molecule has 0 atom stereocenters. The van der Waals surface area contributed by atoms with Crippen LogP contribution in [0, 0.1) is 5.41 Å². The molecular formula is C12H20N2O3. The van der Waals surface area contributed by atoms with Gasteiger partial charge in [-0.2, -0.15) is 0 Å². The van der Waals surface area contributed by atoms with Crippen LogP contribution in [0.4, 0.5) is 4.79 Å². The molecule has 0 unspecified atom stereocenters. The first kappa shape index (κ1) is 12.2. The highest BCUT2D eigenvalue weighted by Gasteiger charge is 2.39.